The molecule has 0 aromatic heterocycles. The number of anilines is 4. The Morgan fingerprint density at radius 1 is 0.571 bits per heavy atom. The zero-order valence-electron chi connectivity index (χ0n) is 25.3. The Hall–Kier alpha value is -3.74. The molecule has 0 radical (unpaired) electrons. The molecular formula is C36H34B2N2Si2-. The van der Waals surface area contributed by atoms with Crippen LogP contribution in [-0.2, 0) is 0 Å². The van der Waals surface area contributed by atoms with Crippen molar-refractivity contribution in [2.45, 2.75) is 26.2 Å². The molecule has 0 bridgehead atoms. The summed E-state index contributed by atoms with van der Waals surface area (Å²) < 4.78 is 0. The average Bonchev–Trinajstić information content (AvgIpc) is 3.00. The van der Waals surface area contributed by atoms with Gasteiger partial charge in [0, 0.05) is 36.8 Å². The Labute approximate surface area is 252 Å². The molecule has 5 aromatic rings. The Bertz CT molecular complexity index is 1870. The van der Waals surface area contributed by atoms with Gasteiger partial charge in [-0.15, -0.1) is 0 Å². The third kappa shape index (κ3) is 2.74. The number of fused-ring (bicyclic) bond motifs is 10. The molecule has 4 aliphatic rings. The van der Waals surface area contributed by atoms with E-state index in [0.717, 1.165) is 0 Å². The highest BCUT2D eigenvalue weighted by Crippen LogP contribution is 2.35. The molecule has 0 fully saturated rings. The van der Waals surface area contributed by atoms with Crippen molar-refractivity contribution in [2.75, 3.05) is 23.9 Å². The summed E-state index contributed by atoms with van der Waals surface area (Å²) in [7, 11) is 0.475. The van der Waals surface area contributed by atoms with E-state index in [0.29, 0.717) is 0 Å². The normalized spacial score (nSPS) is 17.5. The van der Waals surface area contributed by atoms with Crippen molar-refractivity contribution in [3.05, 3.63) is 97.1 Å². The van der Waals surface area contributed by atoms with Gasteiger partial charge in [0.1, 0.15) is 8.07 Å². The molecule has 0 unspecified atom stereocenters. The molecule has 0 amide bonds. The third-order valence-electron chi connectivity index (χ3n) is 11.1. The minimum absolute atomic E-state index is 0.256. The summed E-state index contributed by atoms with van der Waals surface area (Å²) in [5.74, 6) is 0. The van der Waals surface area contributed by atoms with Crippen LogP contribution >= 0.6 is 0 Å². The lowest BCUT2D eigenvalue weighted by molar-refractivity contribution is 1.21. The summed E-state index contributed by atoms with van der Waals surface area (Å²) in [4.78, 5) is 5.19. The van der Waals surface area contributed by atoms with Crippen LogP contribution < -0.4 is 63.3 Å². The molecule has 203 valence electrons. The molecule has 4 heterocycles. The van der Waals surface area contributed by atoms with Crippen LogP contribution in [0.15, 0.2) is 97.1 Å². The second-order valence-corrected chi connectivity index (χ2v) is 22.4. The highest BCUT2D eigenvalue weighted by atomic mass is 28.3. The van der Waals surface area contributed by atoms with Crippen LogP contribution in [0, 0.1) is 0 Å². The van der Waals surface area contributed by atoms with Crippen LogP contribution in [-0.4, -0.2) is 43.7 Å². The van der Waals surface area contributed by atoms with Crippen molar-refractivity contribution >= 4 is 106 Å². The lowest BCUT2D eigenvalue weighted by atomic mass is 9.32. The van der Waals surface area contributed by atoms with E-state index in [-0.39, 0.29) is 13.4 Å². The Balaban J connectivity index is 1.54. The van der Waals surface area contributed by atoms with E-state index in [1.807, 2.05) is 0 Å². The molecule has 6 heteroatoms. The second-order valence-electron chi connectivity index (χ2n) is 13.8. The van der Waals surface area contributed by atoms with Gasteiger partial charge in [0.15, 0.2) is 0 Å². The summed E-state index contributed by atoms with van der Waals surface area (Å²) in [5.41, 5.74) is 14.9. The van der Waals surface area contributed by atoms with Gasteiger partial charge in [0.2, 0.25) is 13.4 Å². The smallest absolute Gasteiger partial charge is 0.246 e. The van der Waals surface area contributed by atoms with E-state index in [4.69, 9.17) is 0 Å². The average molecular weight is 572 g/mol. The molecule has 4 aliphatic heterocycles. The van der Waals surface area contributed by atoms with Gasteiger partial charge >= 0.3 is 0 Å². The van der Waals surface area contributed by atoms with Crippen molar-refractivity contribution in [2.24, 2.45) is 0 Å². The summed E-state index contributed by atoms with van der Waals surface area (Å²) in [6.07, 6.45) is 0. The second kappa shape index (κ2) is 8.00. The van der Waals surface area contributed by atoms with Crippen LogP contribution in [0.3, 0.4) is 0 Å². The topological polar surface area (TPSA) is 6.48 Å². The Morgan fingerprint density at radius 3 is 1.74 bits per heavy atom. The third-order valence-corrected chi connectivity index (χ3v) is 18.2. The summed E-state index contributed by atoms with van der Waals surface area (Å²) >= 11 is 0. The molecule has 0 spiro atoms. The van der Waals surface area contributed by atoms with Crippen molar-refractivity contribution in [3.63, 3.8) is 0 Å². The van der Waals surface area contributed by atoms with Gasteiger partial charge in [-0.2, -0.15) is 23.5 Å². The highest BCUT2D eigenvalue weighted by molar-refractivity contribution is 7.20. The van der Waals surface area contributed by atoms with E-state index >= 15 is 0 Å². The maximum atomic E-state index is 2.61. The van der Waals surface area contributed by atoms with E-state index in [1.165, 1.54) is 44.6 Å². The molecule has 9 rings (SSSR count). The zero-order valence-corrected chi connectivity index (χ0v) is 27.3. The molecule has 0 saturated carbocycles. The summed E-state index contributed by atoms with van der Waals surface area (Å²) in [6, 6.07) is 37.3. The maximum Gasteiger partial charge on any atom is 0.246 e. The molecule has 42 heavy (non-hydrogen) atoms. The van der Waals surface area contributed by atoms with Gasteiger partial charge in [-0.3, -0.25) is 0 Å². The monoisotopic (exact) mass is 572 g/mol. The standard InChI is InChI=1S/C36H34B2N2Si2/c1-39-27-19-11-7-15-23(27)37-25-17-9-14-22-30(25)42(5,6)36-31(37)33(39)35-32-34(36)40(2)28-20-12-8-16-24(28)38(32)26-18-10-13-21-29(26)41(35,3)4/h7-22H,1-6H3/q-1. The fourth-order valence-electron chi connectivity index (χ4n) is 9.46. The lowest BCUT2D eigenvalue weighted by Gasteiger charge is -2.57. The number of rotatable bonds is 0. The van der Waals surface area contributed by atoms with Crippen LogP contribution in [0.2, 0.25) is 26.2 Å². The largest absolute Gasteiger partial charge is 0.348 e. The predicted octanol–water partition coefficient (Wildman–Crippen LogP) is 1.15. The first-order valence-corrected chi connectivity index (χ1v) is 21.3. The van der Waals surface area contributed by atoms with Crippen LogP contribution in [0.25, 0.3) is 0 Å². The quantitative estimate of drug-likeness (QED) is 0.257. The Kier molecular flexibility index (Phi) is 4.73. The first-order chi connectivity index (χ1) is 20.2. The van der Waals surface area contributed by atoms with Gasteiger partial charge in [-0.25, -0.2) is 0 Å². The van der Waals surface area contributed by atoms with Crippen molar-refractivity contribution < 1.29 is 0 Å². The first-order valence-electron chi connectivity index (χ1n) is 15.3. The van der Waals surface area contributed by atoms with Gasteiger partial charge in [0.05, 0.1) is 0 Å². The van der Waals surface area contributed by atoms with Crippen LogP contribution in [0.4, 0.5) is 22.7 Å². The zero-order chi connectivity index (χ0) is 28.7. The highest BCUT2D eigenvalue weighted by Gasteiger charge is 2.52. The minimum Gasteiger partial charge on any atom is -0.348 e. The molecule has 5 aromatic carbocycles. The number of hydrogen-bond donors (Lipinski definition) is 0. The van der Waals surface area contributed by atoms with E-state index in [1.54, 1.807) is 31.7 Å². The predicted molar refractivity (Wildman–Crippen MR) is 191 cm³/mol. The summed E-state index contributed by atoms with van der Waals surface area (Å²) in [5, 5.41) is 6.51. The number of para-hydroxylation sites is 2. The van der Waals surface area contributed by atoms with Gasteiger partial charge in [0.25, 0.3) is 0 Å². The molecule has 0 saturated heterocycles. The maximum absolute atomic E-state index is 2.61. The minimum atomic E-state index is -2.11. The SMILES string of the molecule is CN1c2ccccc2B2c3ccccc3[Si-](C)(C)c3c2c1c1c2c3N(C)c3ccccc3B2c2ccccc2[Si]1(C)C. The van der Waals surface area contributed by atoms with Crippen molar-refractivity contribution in [1.29, 1.82) is 0 Å². The fraction of sp³-hybridized carbons (Fsp3) is 0.167. The van der Waals surface area contributed by atoms with Crippen LogP contribution in [0.5, 0.6) is 0 Å². The van der Waals surface area contributed by atoms with Gasteiger partial charge in [-0.05, 0) is 33.7 Å². The van der Waals surface area contributed by atoms with Gasteiger partial charge < -0.3 is 9.80 Å². The number of hydrogen-bond acceptors (Lipinski definition) is 2. The number of benzene rings is 5. The van der Waals surface area contributed by atoms with Crippen molar-refractivity contribution in [1.82, 2.24) is 0 Å². The molecule has 0 atom stereocenters. The molecule has 2 nitrogen and oxygen atoms in total. The molecule has 0 N–H and O–H groups in total. The fourth-order valence-corrected chi connectivity index (χ4v) is 16.6. The summed E-state index contributed by atoms with van der Waals surface area (Å²) in [6.45, 7) is 11.0. The Morgan fingerprint density at radius 2 is 1.07 bits per heavy atom. The van der Waals surface area contributed by atoms with E-state index in [9.17, 15) is 0 Å². The van der Waals surface area contributed by atoms with Crippen molar-refractivity contribution in [3.8, 4) is 0 Å². The van der Waals surface area contributed by atoms with E-state index < -0.39 is 16.1 Å². The molecular weight excluding hydrogens is 538 g/mol. The number of nitrogens with zero attached hydrogens (tertiary/aromatic N) is 2. The van der Waals surface area contributed by atoms with Gasteiger partial charge in [-0.1, -0.05) is 128 Å². The van der Waals surface area contributed by atoms with Crippen LogP contribution in [0.1, 0.15) is 0 Å². The molecule has 0 aliphatic carbocycles. The van der Waals surface area contributed by atoms with E-state index in [2.05, 4.69) is 147 Å². The lowest BCUT2D eigenvalue weighted by Crippen LogP contribution is -2.85. The first kappa shape index (κ1) is 24.8.